The molecule has 0 spiro atoms. The number of amides is 1. The molecule has 0 saturated heterocycles. The Morgan fingerprint density at radius 2 is 1.80 bits per heavy atom. The molecule has 0 heterocycles. The number of carbonyl (C=O) groups excluding carboxylic acids is 2. The van der Waals surface area contributed by atoms with Crippen LogP contribution in [0, 0.1) is 3.57 Å². The van der Waals surface area contributed by atoms with E-state index in [2.05, 4.69) is 49.0 Å². The second-order valence-electron chi connectivity index (χ2n) is 5.98. The number of rotatable bonds is 6. The number of nitrogens with one attached hydrogen (secondary N) is 1. The lowest BCUT2D eigenvalue weighted by atomic mass is 10.2. The van der Waals surface area contributed by atoms with Crippen LogP contribution in [0.5, 0.6) is 11.5 Å². The number of methoxy groups -OCH3 is 1. The van der Waals surface area contributed by atoms with Crippen molar-refractivity contribution >= 4 is 56.6 Å². The van der Waals surface area contributed by atoms with Crippen LogP contribution in [0.25, 0.3) is 0 Å². The highest BCUT2D eigenvalue weighted by atomic mass is 127. The third-order valence-corrected chi connectivity index (χ3v) is 5.42. The maximum Gasteiger partial charge on any atom is 0.343 e. The van der Waals surface area contributed by atoms with E-state index in [1.807, 2.05) is 12.1 Å². The predicted octanol–water partition coefficient (Wildman–Crippen LogP) is 5.05. The van der Waals surface area contributed by atoms with Gasteiger partial charge in [0, 0.05) is 13.6 Å². The zero-order valence-corrected chi connectivity index (χ0v) is 19.5. The van der Waals surface area contributed by atoms with Crippen LogP contribution in [-0.4, -0.2) is 25.2 Å². The number of hydrogen-bond acceptors (Lipinski definition) is 5. The van der Waals surface area contributed by atoms with Gasteiger partial charge in [-0.3, -0.25) is 4.79 Å². The van der Waals surface area contributed by atoms with Gasteiger partial charge in [-0.2, -0.15) is 5.10 Å². The maximum absolute atomic E-state index is 12.5. The molecule has 8 heteroatoms. The van der Waals surface area contributed by atoms with Gasteiger partial charge in [-0.25, -0.2) is 10.2 Å². The molecule has 0 fully saturated rings. The van der Waals surface area contributed by atoms with Crippen molar-refractivity contribution in [3.63, 3.8) is 0 Å². The van der Waals surface area contributed by atoms with Gasteiger partial charge in [0.05, 0.1) is 24.5 Å². The molecule has 0 aliphatic rings. The second kappa shape index (κ2) is 10.4. The SMILES string of the molecule is COc1ccc(C(=O)Oc2ccc(Br)cc2C=NNC(=O)c2ccccc2I)cc1. The lowest BCUT2D eigenvalue weighted by molar-refractivity contribution is 0.0734. The van der Waals surface area contributed by atoms with Crippen LogP contribution in [0.1, 0.15) is 26.3 Å². The second-order valence-corrected chi connectivity index (χ2v) is 8.06. The van der Waals surface area contributed by atoms with E-state index in [0.717, 1.165) is 8.04 Å². The highest BCUT2D eigenvalue weighted by Gasteiger charge is 2.12. The number of halogens is 2. The smallest absolute Gasteiger partial charge is 0.343 e. The fourth-order valence-electron chi connectivity index (χ4n) is 2.47. The molecule has 0 bridgehead atoms. The predicted molar refractivity (Wildman–Crippen MR) is 126 cm³/mol. The quantitative estimate of drug-likeness (QED) is 0.146. The van der Waals surface area contributed by atoms with Gasteiger partial charge in [0.1, 0.15) is 11.5 Å². The van der Waals surface area contributed by atoms with Crippen LogP contribution in [0.2, 0.25) is 0 Å². The first-order valence-corrected chi connectivity index (χ1v) is 10.6. The summed E-state index contributed by atoms with van der Waals surface area (Å²) in [6.07, 6.45) is 1.43. The summed E-state index contributed by atoms with van der Waals surface area (Å²) >= 11 is 5.47. The van der Waals surface area contributed by atoms with Gasteiger partial charge in [-0.15, -0.1) is 0 Å². The molecule has 152 valence electrons. The Bertz CT molecular complexity index is 1100. The number of nitrogens with zero attached hydrogens (tertiary/aromatic N) is 1. The van der Waals surface area contributed by atoms with Gasteiger partial charge >= 0.3 is 5.97 Å². The van der Waals surface area contributed by atoms with E-state index in [1.165, 1.54) is 6.21 Å². The molecule has 3 aromatic carbocycles. The van der Waals surface area contributed by atoms with Gasteiger partial charge in [0.25, 0.3) is 5.91 Å². The maximum atomic E-state index is 12.5. The largest absolute Gasteiger partial charge is 0.497 e. The normalized spacial score (nSPS) is 10.6. The minimum absolute atomic E-state index is 0.311. The molecule has 0 radical (unpaired) electrons. The molecule has 0 aliphatic heterocycles. The van der Waals surface area contributed by atoms with E-state index in [-0.39, 0.29) is 5.91 Å². The van der Waals surface area contributed by atoms with E-state index in [0.29, 0.717) is 28.2 Å². The molecular weight excluding hydrogens is 563 g/mol. The number of hydrogen-bond donors (Lipinski definition) is 1. The van der Waals surface area contributed by atoms with Crippen molar-refractivity contribution in [2.24, 2.45) is 5.10 Å². The van der Waals surface area contributed by atoms with Crippen molar-refractivity contribution in [2.45, 2.75) is 0 Å². The summed E-state index contributed by atoms with van der Waals surface area (Å²) in [6, 6.07) is 18.9. The van der Waals surface area contributed by atoms with Crippen molar-refractivity contribution in [2.75, 3.05) is 7.11 Å². The molecule has 0 aliphatic carbocycles. The molecule has 30 heavy (non-hydrogen) atoms. The summed E-state index contributed by atoms with van der Waals surface area (Å²) in [5, 5.41) is 4.01. The third kappa shape index (κ3) is 5.67. The average Bonchev–Trinajstić information content (AvgIpc) is 2.75. The molecule has 1 N–H and O–H groups in total. The Balaban J connectivity index is 1.74. The lowest BCUT2D eigenvalue weighted by Crippen LogP contribution is -2.18. The fraction of sp³-hybridized carbons (Fsp3) is 0.0455. The number of benzene rings is 3. The van der Waals surface area contributed by atoms with Crippen LogP contribution in [0.15, 0.2) is 76.3 Å². The van der Waals surface area contributed by atoms with Crippen molar-refractivity contribution < 1.29 is 19.1 Å². The molecule has 0 unspecified atom stereocenters. The first kappa shape index (κ1) is 22.0. The van der Waals surface area contributed by atoms with Crippen LogP contribution < -0.4 is 14.9 Å². The van der Waals surface area contributed by atoms with Crippen LogP contribution in [0.4, 0.5) is 0 Å². The van der Waals surface area contributed by atoms with E-state index in [1.54, 1.807) is 61.7 Å². The molecule has 0 saturated carbocycles. The summed E-state index contributed by atoms with van der Waals surface area (Å²) in [5.41, 5.74) is 3.92. The summed E-state index contributed by atoms with van der Waals surface area (Å²) < 4.78 is 12.2. The topological polar surface area (TPSA) is 77.0 Å². The number of esters is 1. The van der Waals surface area contributed by atoms with Gasteiger partial charge < -0.3 is 9.47 Å². The van der Waals surface area contributed by atoms with E-state index >= 15 is 0 Å². The minimum Gasteiger partial charge on any atom is -0.497 e. The molecule has 6 nitrogen and oxygen atoms in total. The Morgan fingerprint density at radius 3 is 2.50 bits per heavy atom. The average molecular weight is 579 g/mol. The van der Waals surface area contributed by atoms with Crippen molar-refractivity contribution in [1.29, 1.82) is 0 Å². The highest BCUT2D eigenvalue weighted by molar-refractivity contribution is 14.1. The summed E-state index contributed by atoms with van der Waals surface area (Å²) in [7, 11) is 1.55. The standard InChI is InChI=1S/C22H16BrIN2O4/c1-29-17-9-6-14(7-10-17)22(28)30-20-11-8-16(23)12-15(20)13-25-26-21(27)18-4-2-3-5-19(18)24/h2-13H,1H3,(H,26,27). The monoisotopic (exact) mass is 578 g/mol. The zero-order valence-electron chi connectivity index (χ0n) is 15.8. The Kier molecular flexibility index (Phi) is 7.58. The minimum atomic E-state index is -0.516. The number of carbonyl (C=O) groups is 2. The van der Waals surface area contributed by atoms with Crippen LogP contribution in [-0.2, 0) is 0 Å². The molecular formula is C22H16BrIN2O4. The van der Waals surface area contributed by atoms with Crippen molar-refractivity contribution in [1.82, 2.24) is 5.43 Å². The van der Waals surface area contributed by atoms with Crippen molar-refractivity contribution in [3.8, 4) is 11.5 Å². The first-order chi connectivity index (χ1) is 14.5. The zero-order chi connectivity index (χ0) is 21.5. The lowest BCUT2D eigenvalue weighted by Gasteiger charge is -2.09. The molecule has 3 aromatic rings. The highest BCUT2D eigenvalue weighted by Crippen LogP contribution is 2.23. The van der Waals surface area contributed by atoms with Gasteiger partial charge in [-0.1, -0.05) is 28.1 Å². The third-order valence-electron chi connectivity index (χ3n) is 3.99. The summed E-state index contributed by atoms with van der Waals surface area (Å²) in [4.78, 5) is 24.8. The summed E-state index contributed by atoms with van der Waals surface area (Å²) in [5.74, 6) is 0.110. The summed E-state index contributed by atoms with van der Waals surface area (Å²) in [6.45, 7) is 0. The number of ether oxygens (including phenoxy) is 2. The van der Waals surface area contributed by atoms with Gasteiger partial charge in [0.15, 0.2) is 0 Å². The van der Waals surface area contributed by atoms with Crippen LogP contribution >= 0.6 is 38.5 Å². The van der Waals surface area contributed by atoms with Gasteiger partial charge in [-0.05, 0) is 77.2 Å². The molecule has 0 aromatic heterocycles. The van der Waals surface area contributed by atoms with E-state index < -0.39 is 5.97 Å². The van der Waals surface area contributed by atoms with E-state index in [4.69, 9.17) is 9.47 Å². The van der Waals surface area contributed by atoms with Crippen LogP contribution in [0.3, 0.4) is 0 Å². The number of hydrazone groups is 1. The molecule has 0 atom stereocenters. The molecule has 3 rings (SSSR count). The van der Waals surface area contributed by atoms with Gasteiger partial charge in [0.2, 0.25) is 0 Å². The Hall–Kier alpha value is -2.72. The first-order valence-electron chi connectivity index (χ1n) is 8.71. The molecule has 1 amide bonds. The fourth-order valence-corrected chi connectivity index (χ4v) is 3.48. The Labute approximate surface area is 195 Å². The van der Waals surface area contributed by atoms with E-state index in [9.17, 15) is 9.59 Å². The Morgan fingerprint density at radius 1 is 1.07 bits per heavy atom. The van der Waals surface area contributed by atoms with Crippen molar-refractivity contribution in [3.05, 3.63) is 91.5 Å².